The second kappa shape index (κ2) is 52.0. The van der Waals surface area contributed by atoms with Crippen molar-refractivity contribution in [1.29, 1.82) is 0 Å². The van der Waals surface area contributed by atoms with Gasteiger partial charge in [0.15, 0.2) is 6.10 Å². The van der Waals surface area contributed by atoms with E-state index >= 15 is 0 Å². The number of rotatable bonds is 50. The zero-order valence-electron chi connectivity index (χ0n) is 44.2. The van der Waals surface area contributed by atoms with Crippen LogP contribution in [0.3, 0.4) is 0 Å². The van der Waals surface area contributed by atoms with Gasteiger partial charge >= 0.3 is 25.7 Å². The summed E-state index contributed by atoms with van der Waals surface area (Å²) in [7, 11) is -4.76. The van der Waals surface area contributed by atoms with E-state index in [1.807, 2.05) is 0 Å². The van der Waals surface area contributed by atoms with Gasteiger partial charge in [-0.2, -0.15) is 0 Å². The molecular formula is C58H99O11P. The highest BCUT2D eigenvalue weighted by Gasteiger charge is 2.28. The second-order valence-electron chi connectivity index (χ2n) is 18.0. The number of carbonyl (C=O) groups is 3. The lowest BCUT2D eigenvalue weighted by Crippen LogP contribution is -2.30. The standard InChI is InChI=1S/C58H99O11P/c1-4-7-10-13-16-19-22-24-26-27-29-30-33-35-38-41-44-47-56(60)65-51-55(69-58(62)49-46-43-40-37-34-31-28-25-23-20-17-14-11-8-5-2)53-67-70(63,64)66-52-54(50-59)68-57(61)48-45-42-39-36-32-21-18-15-12-9-6-3/h7,10,15-20,24-26,28-30,54-55,59H,4-6,8-9,11-14,21-23,27,31-53H2,1-3H3,(H,63,64)/b10-7-,18-15-,19-16-,20-17-,26-24-,28-25-,30-29-. The molecule has 0 fully saturated rings. The van der Waals surface area contributed by atoms with Crippen LogP contribution < -0.4 is 0 Å². The highest BCUT2D eigenvalue weighted by molar-refractivity contribution is 7.47. The smallest absolute Gasteiger partial charge is 0.462 e. The van der Waals surface area contributed by atoms with Gasteiger partial charge in [-0.15, -0.1) is 0 Å². The lowest BCUT2D eigenvalue weighted by molar-refractivity contribution is -0.161. The molecule has 12 heteroatoms. The third kappa shape index (κ3) is 49.6. The number of phosphoric acid groups is 1. The molecule has 0 aromatic heterocycles. The van der Waals surface area contributed by atoms with Gasteiger partial charge in [-0.1, -0.05) is 183 Å². The number of phosphoric ester groups is 1. The zero-order chi connectivity index (χ0) is 51.3. The average molecular weight is 1000 g/mol. The molecule has 0 bridgehead atoms. The van der Waals surface area contributed by atoms with E-state index in [9.17, 15) is 28.9 Å². The van der Waals surface area contributed by atoms with Crippen molar-refractivity contribution in [2.24, 2.45) is 0 Å². The fraction of sp³-hybridized carbons (Fsp3) is 0.707. The molecule has 0 aliphatic carbocycles. The quantitative estimate of drug-likeness (QED) is 0.0197. The molecule has 0 aliphatic heterocycles. The summed E-state index contributed by atoms with van der Waals surface area (Å²) in [6.45, 7) is 4.40. The second-order valence-corrected chi connectivity index (χ2v) is 19.5. The van der Waals surface area contributed by atoms with Gasteiger partial charge in [0.1, 0.15) is 12.7 Å². The lowest BCUT2D eigenvalue weighted by Gasteiger charge is -2.21. The number of esters is 3. The highest BCUT2D eigenvalue weighted by Crippen LogP contribution is 2.43. The van der Waals surface area contributed by atoms with Crippen LogP contribution in [0.15, 0.2) is 85.1 Å². The van der Waals surface area contributed by atoms with Crippen LogP contribution in [0.25, 0.3) is 0 Å². The van der Waals surface area contributed by atoms with Gasteiger partial charge in [0.05, 0.1) is 19.8 Å². The number of hydrogen-bond acceptors (Lipinski definition) is 10. The summed E-state index contributed by atoms with van der Waals surface area (Å²) in [6.07, 6.45) is 58.3. The van der Waals surface area contributed by atoms with Crippen molar-refractivity contribution < 1.29 is 52.2 Å². The summed E-state index contributed by atoms with van der Waals surface area (Å²) >= 11 is 0. The fourth-order valence-corrected chi connectivity index (χ4v) is 7.85. The first-order valence-electron chi connectivity index (χ1n) is 27.5. The maximum absolute atomic E-state index is 12.9. The minimum Gasteiger partial charge on any atom is -0.462 e. The van der Waals surface area contributed by atoms with Crippen molar-refractivity contribution in [3.63, 3.8) is 0 Å². The van der Waals surface area contributed by atoms with Crippen LogP contribution in [0.2, 0.25) is 0 Å². The minimum absolute atomic E-state index is 0.142. The van der Waals surface area contributed by atoms with Crippen LogP contribution in [0.4, 0.5) is 0 Å². The summed E-state index contributed by atoms with van der Waals surface area (Å²) in [5.74, 6) is -1.52. The van der Waals surface area contributed by atoms with Crippen LogP contribution in [0.5, 0.6) is 0 Å². The van der Waals surface area contributed by atoms with Gasteiger partial charge in [-0.25, -0.2) is 4.57 Å². The topological polar surface area (TPSA) is 155 Å². The maximum atomic E-state index is 12.9. The number of unbranched alkanes of at least 4 members (excludes halogenated alkanes) is 19. The third-order valence-electron chi connectivity index (χ3n) is 11.3. The Bertz CT molecular complexity index is 1500. The van der Waals surface area contributed by atoms with E-state index in [2.05, 4.69) is 106 Å². The maximum Gasteiger partial charge on any atom is 0.472 e. The molecule has 3 unspecified atom stereocenters. The molecule has 0 aromatic rings. The molecule has 70 heavy (non-hydrogen) atoms. The van der Waals surface area contributed by atoms with Crippen molar-refractivity contribution in [2.75, 3.05) is 26.4 Å². The number of hydrogen-bond donors (Lipinski definition) is 2. The number of allylic oxidation sites excluding steroid dienone is 14. The normalized spacial score (nSPS) is 14.1. The van der Waals surface area contributed by atoms with Crippen LogP contribution >= 0.6 is 7.82 Å². The SMILES string of the molecule is CC/C=C\C/C=C\C/C=C\C/C=C\CCCCCCC(=O)OCC(COP(=O)(O)OCC(CO)OC(=O)CCCCCCC/C=C\CCCC)OC(=O)CCCCCCC/C=C\C/C=C\CCCCC. The molecule has 0 amide bonds. The fourth-order valence-electron chi connectivity index (χ4n) is 7.06. The van der Waals surface area contributed by atoms with Gasteiger partial charge in [0.25, 0.3) is 0 Å². The van der Waals surface area contributed by atoms with Crippen molar-refractivity contribution in [3.05, 3.63) is 85.1 Å². The van der Waals surface area contributed by atoms with Crippen molar-refractivity contribution in [2.45, 2.75) is 238 Å². The first-order valence-corrected chi connectivity index (χ1v) is 29.0. The largest absolute Gasteiger partial charge is 0.472 e. The van der Waals surface area contributed by atoms with Gasteiger partial charge in [0, 0.05) is 19.3 Å². The van der Waals surface area contributed by atoms with E-state index in [1.54, 1.807) is 0 Å². The Kier molecular flexibility index (Phi) is 49.5. The molecule has 11 nitrogen and oxygen atoms in total. The first-order chi connectivity index (χ1) is 34.2. The lowest BCUT2D eigenvalue weighted by atomic mass is 10.1. The molecule has 0 saturated heterocycles. The van der Waals surface area contributed by atoms with Gasteiger partial charge in [-0.3, -0.25) is 23.4 Å². The molecule has 402 valence electrons. The molecule has 0 saturated carbocycles. The minimum atomic E-state index is -4.76. The summed E-state index contributed by atoms with van der Waals surface area (Å²) in [6, 6.07) is 0. The van der Waals surface area contributed by atoms with E-state index in [0.29, 0.717) is 19.3 Å². The Morgan fingerprint density at radius 2 is 0.757 bits per heavy atom. The van der Waals surface area contributed by atoms with E-state index < -0.39 is 57.8 Å². The molecule has 0 radical (unpaired) electrons. The van der Waals surface area contributed by atoms with Crippen LogP contribution in [0, 0.1) is 0 Å². The van der Waals surface area contributed by atoms with Gasteiger partial charge in [-0.05, 0) is 109 Å². The summed E-state index contributed by atoms with van der Waals surface area (Å²) in [5.41, 5.74) is 0. The predicted molar refractivity (Wildman–Crippen MR) is 288 cm³/mol. The Labute approximate surface area is 426 Å². The van der Waals surface area contributed by atoms with E-state index in [0.717, 1.165) is 135 Å². The molecule has 0 rings (SSSR count). The number of aliphatic hydroxyl groups excluding tert-OH is 1. The molecule has 3 atom stereocenters. The van der Waals surface area contributed by atoms with Crippen LogP contribution in [-0.4, -0.2) is 66.5 Å². The first kappa shape index (κ1) is 66.7. The van der Waals surface area contributed by atoms with E-state index in [4.69, 9.17) is 23.3 Å². The predicted octanol–water partition coefficient (Wildman–Crippen LogP) is 15.9. The molecule has 0 aromatic carbocycles. The third-order valence-corrected chi connectivity index (χ3v) is 12.2. The summed E-state index contributed by atoms with van der Waals surface area (Å²) in [4.78, 5) is 48.4. The van der Waals surface area contributed by atoms with E-state index in [-0.39, 0.29) is 25.9 Å². The molecular weight excluding hydrogens is 904 g/mol. The Balaban J connectivity index is 4.81. The number of aliphatic hydroxyl groups is 1. The average Bonchev–Trinajstić information content (AvgIpc) is 3.35. The van der Waals surface area contributed by atoms with Crippen molar-refractivity contribution in [3.8, 4) is 0 Å². The Morgan fingerprint density at radius 3 is 1.20 bits per heavy atom. The van der Waals surface area contributed by atoms with Crippen molar-refractivity contribution >= 4 is 25.7 Å². The number of ether oxygens (including phenoxy) is 3. The van der Waals surface area contributed by atoms with Gasteiger partial charge in [0.2, 0.25) is 0 Å². The monoisotopic (exact) mass is 1000 g/mol. The molecule has 0 spiro atoms. The summed E-state index contributed by atoms with van der Waals surface area (Å²) in [5, 5.41) is 9.78. The zero-order valence-corrected chi connectivity index (χ0v) is 45.1. The van der Waals surface area contributed by atoms with Crippen molar-refractivity contribution in [1.82, 2.24) is 0 Å². The molecule has 0 aliphatic rings. The Morgan fingerprint density at radius 1 is 0.414 bits per heavy atom. The van der Waals surface area contributed by atoms with Crippen LogP contribution in [-0.2, 0) is 42.2 Å². The van der Waals surface area contributed by atoms with Crippen LogP contribution in [0.1, 0.15) is 226 Å². The number of carbonyl (C=O) groups excluding carboxylic acids is 3. The van der Waals surface area contributed by atoms with E-state index in [1.165, 1.54) is 32.1 Å². The Hall–Kier alpha value is -3.34. The highest BCUT2D eigenvalue weighted by atomic mass is 31.2. The van der Waals surface area contributed by atoms with Gasteiger partial charge < -0.3 is 24.2 Å². The molecule has 0 heterocycles. The molecule has 2 N–H and O–H groups in total. The summed E-state index contributed by atoms with van der Waals surface area (Å²) < 4.78 is 39.4.